The first-order valence-corrected chi connectivity index (χ1v) is 10.7. The minimum atomic E-state index is -0.941. The van der Waals surface area contributed by atoms with Crippen molar-refractivity contribution in [3.8, 4) is 0 Å². The molecule has 2 heterocycles. The van der Waals surface area contributed by atoms with Crippen LogP contribution >= 0.6 is 0 Å². The third kappa shape index (κ3) is 6.56. The second-order valence-electron chi connectivity index (χ2n) is 7.41. The molecule has 0 aliphatic carbocycles. The van der Waals surface area contributed by atoms with E-state index in [1.54, 1.807) is 0 Å². The molecule has 4 amide bonds. The highest BCUT2D eigenvalue weighted by molar-refractivity contribution is 5.86. The van der Waals surface area contributed by atoms with E-state index in [4.69, 9.17) is 14.3 Å². The Morgan fingerprint density at radius 3 is 2.68 bits per heavy atom. The van der Waals surface area contributed by atoms with Gasteiger partial charge >= 0.3 is 12.1 Å². The largest absolute Gasteiger partial charge is 0.445 e. The molecule has 2 aliphatic rings. The lowest BCUT2D eigenvalue weighted by Gasteiger charge is -2.39. The number of nitrogens with zero attached hydrogens (tertiary/aromatic N) is 2. The molecule has 0 spiro atoms. The molecule has 2 aliphatic heterocycles. The van der Waals surface area contributed by atoms with Gasteiger partial charge in [0.1, 0.15) is 12.6 Å². The number of ether oxygens (including phenoxy) is 2. The number of hydrogen-bond donors (Lipinski definition) is 2. The summed E-state index contributed by atoms with van der Waals surface area (Å²) in [5.74, 6) is -0.528. The van der Waals surface area contributed by atoms with E-state index in [0.29, 0.717) is 26.1 Å². The number of benzene rings is 1. The van der Waals surface area contributed by atoms with Crippen LogP contribution in [0.25, 0.3) is 0 Å². The molecule has 170 valence electrons. The van der Waals surface area contributed by atoms with E-state index < -0.39 is 24.3 Å². The first-order chi connectivity index (χ1) is 15.1. The Labute approximate surface area is 181 Å². The average molecular weight is 434 g/mol. The number of carbonyl (C=O) groups is 3. The number of hydroxylamine groups is 1. The average Bonchev–Trinajstić information content (AvgIpc) is 2.82. The number of carbonyl (C=O) groups excluding carboxylic acids is 3. The first kappa shape index (κ1) is 22.8. The molecule has 2 atom stereocenters. The smallest absolute Gasteiger partial charge is 0.410 e. The second-order valence-corrected chi connectivity index (χ2v) is 7.41. The molecule has 0 aromatic heterocycles. The number of amides is 4. The van der Waals surface area contributed by atoms with Gasteiger partial charge in [-0.3, -0.25) is 9.69 Å². The third-order valence-corrected chi connectivity index (χ3v) is 5.17. The van der Waals surface area contributed by atoms with E-state index in [-0.39, 0.29) is 25.7 Å². The van der Waals surface area contributed by atoms with Gasteiger partial charge in [-0.05, 0) is 25.3 Å². The molecular weight excluding hydrogens is 404 g/mol. The van der Waals surface area contributed by atoms with E-state index >= 15 is 0 Å². The zero-order chi connectivity index (χ0) is 22.1. The van der Waals surface area contributed by atoms with Crippen LogP contribution in [0.5, 0.6) is 0 Å². The summed E-state index contributed by atoms with van der Waals surface area (Å²) in [5, 5.41) is 2.72. The summed E-state index contributed by atoms with van der Waals surface area (Å²) in [5.41, 5.74) is 3.24. The van der Waals surface area contributed by atoms with Gasteiger partial charge in [-0.25, -0.2) is 19.9 Å². The molecule has 1 aromatic carbocycles. The highest BCUT2D eigenvalue weighted by Gasteiger charge is 2.38. The van der Waals surface area contributed by atoms with Gasteiger partial charge in [0.05, 0.1) is 6.54 Å². The maximum absolute atomic E-state index is 12.9. The molecule has 0 saturated carbocycles. The van der Waals surface area contributed by atoms with Crippen molar-refractivity contribution in [1.29, 1.82) is 0 Å². The SMILES string of the molecule is CCNC(=O)N1CCN(C(=O)OCc2ccccc2)C(C(=O)NOC2CCCCO2)C1. The van der Waals surface area contributed by atoms with E-state index in [0.717, 1.165) is 18.4 Å². The lowest BCUT2D eigenvalue weighted by atomic mass is 10.1. The lowest BCUT2D eigenvalue weighted by Crippen LogP contribution is -2.62. The summed E-state index contributed by atoms with van der Waals surface area (Å²) < 4.78 is 10.9. The third-order valence-electron chi connectivity index (χ3n) is 5.17. The van der Waals surface area contributed by atoms with Crippen molar-refractivity contribution in [3.05, 3.63) is 35.9 Å². The maximum Gasteiger partial charge on any atom is 0.410 e. The van der Waals surface area contributed by atoms with Gasteiger partial charge in [0, 0.05) is 32.7 Å². The van der Waals surface area contributed by atoms with Crippen molar-refractivity contribution >= 4 is 18.0 Å². The van der Waals surface area contributed by atoms with Crippen LogP contribution in [0.4, 0.5) is 9.59 Å². The standard InChI is InChI=1S/C21H30N4O6/c1-2-22-20(27)24-11-12-25(21(28)30-15-16-8-4-3-5-9-16)17(14-24)19(26)23-31-18-10-6-7-13-29-18/h3-5,8-9,17-18H,2,6-7,10-15H2,1H3,(H,22,27)(H,23,26). The van der Waals surface area contributed by atoms with Gasteiger partial charge < -0.3 is 19.7 Å². The van der Waals surface area contributed by atoms with Crippen molar-refractivity contribution in [2.75, 3.05) is 32.8 Å². The van der Waals surface area contributed by atoms with Crippen LogP contribution in [-0.4, -0.2) is 72.9 Å². The van der Waals surface area contributed by atoms with Crippen LogP contribution in [0.15, 0.2) is 30.3 Å². The molecule has 3 rings (SSSR count). The minimum absolute atomic E-state index is 0.0347. The van der Waals surface area contributed by atoms with Crippen molar-refractivity contribution in [2.24, 2.45) is 0 Å². The number of urea groups is 1. The van der Waals surface area contributed by atoms with Crippen LogP contribution in [0.1, 0.15) is 31.7 Å². The number of piperazine rings is 1. The fourth-order valence-corrected chi connectivity index (χ4v) is 3.47. The van der Waals surface area contributed by atoms with Gasteiger partial charge in [0.2, 0.25) is 0 Å². The zero-order valence-electron chi connectivity index (χ0n) is 17.7. The van der Waals surface area contributed by atoms with Crippen molar-refractivity contribution < 1.29 is 28.7 Å². The fourth-order valence-electron chi connectivity index (χ4n) is 3.47. The van der Waals surface area contributed by atoms with Crippen molar-refractivity contribution in [3.63, 3.8) is 0 Å². The number of nitrogens with one attached hydrogen (secondary N) is 2. The highest BCUT2D eigenvalue weighted by Crippen LogP contribution is 2.16. The minimum Gasteiger partial charge on any atom is -0.445 e. The molecule has 0 radical (unpaired) electrons. The first-order valence-electron chi connectivity index (χ1n) is 10.7. The molecule has 2 saturated heterocycles. The summed E-state index contributed by atoms with van der Waals surface area (Å²) in [4.78, 5) is 46.1. The van der Waals surface area contributed by atoms with Crippen molar-refractivity contribution in [2.45, 2.75) is 45.1 Å². The Hall–Kier alpha value is -2.85. The fraction of sp³-hybridized carbons (Fsp3) is 0.571. The van der Waals surface area contributed by atoms with Gasteiger partial charge in [-0.2, -0.15) is 0 Å². The van der Waals surface area contributed by atoms with Crippen LogP contribution in [0.3, 0.4) is 0 Å². The summed E-state index contributed by atoms with van der Waals surface area (Å²) in [6, 6.07) is 8.06. The topological polar surface area (TPSA) is 109 Å². The van der Waals surface area contributed by atoms with Gasteiger partial charge in [-0.1, -0.05) is 30.3 Å². The van der Waals surface area contributed by atoms with E-state index in [9.17, 15) is 14.4 Å². The molecule has 2 N–H and O–H groups in total. The molecule has 2 fully saturated rings. The second kappa shape index (κ2) is 11.5. The van der Waals surface area contributed by atoms with E-state index in [1.165, 1.54) is 9.80 Å². The quantitative estimate of drug-likeness (QED) is 0.659. The Kier molecular flexibility index (Phi) is 8.48. The molecule has 10 nitrogen and oxygen atoms in total. The highest BCUT2D eigenvalue weighted by atomic mass is 16.8. The Bertz CT molecular complexity index is 741. The lowest BCUT2D eigenvalue weighted by molar-refractivity contribution is -0.202. The Morgan fingerprint density at radius 1 is 1.16 bits per heavy atom. The number of rotatable bonds is 6. The normalized spacial score (nSPS) is 21.3. The zero-order valence-corrected chi connectivity index (χ0v) is 17.7. The summed E-state index contributed by atoms with van der Waals surface area (Å²) >= 11 is 0. The molecule has 10 heteroatoms. The van der Waals surface area contributed by atoms with Crippen LogP contribution in [-0.2, 0) is 25.7 Å². The van der Waals surface area contributed by atoms with Gasteiger partial charge in [-0.15, -0.1) is 0 Å². The van der Waals surface area contributed by atoms with E-state index in [1.807, 2.05) is 37.3 Å². The molecular formula is C21H30N4O6. The Balaban J connectivity index is 1.62. The van der Waals surface area contributed by atoms with Gasteiger partial charge in [0.25, 0.3) is 5.91 Å². The van der Waals surface area contributed by atoms with E-state index in [2.05, 4.69) is 10.8 Å². The van der Waals surface area contributed by atoms with Gasteiger partial charge in [0.15, 0.2) is 6.29 Å². The monoisotopic (exact) mass is 434 g/mol. The molecule has 31 heavy (non-hydrogen) atoms. The predicted molar refractivity (Wildman–Crippen MR) is 111 cm³/mol. The van der Waals surface area contributed by atoms with Crippen LogP contribution < -0.4 is 10.8 Å². The maximum atomic E-state index is 12.9. The molecule has 1 aromatic rings. The summed E-state index contributed by atoms with van der Waals surface area (Å²) in [6.07, 6.45) is 1.46. The van der Waals surface area contributed by atoms with Crippen molar-refractivity contribution in [1.82, 2.24) is 20.6 Å². The number of hydrogen-bond acceptors (Lipinski definition) is 6. The summed E-state index contributed by atoms with van der Waals surface area (Å²) in [7, 11) is 0. The van der Waals surface area contributed by atoms with Crippen LogP contribution in [0, 0.1) is 0 Å². The Morgan fingerprint density at radius 2 is 1.97 bits per heavy atom. The molecule has 0 bridgehead atoms. The predicted octanol–water partition coefficient (Wildman–Crippen LogP) is 1.61. The summed E-state index contributed by atoms with van der Waals surface area (Å²) in [6.45, 7) is 3.46. The molecule has 2 unspecified atom stereocenters. The van der Waals surface area contributed by atoms with Crippen LogP contribution in [0.2, 0.25) is 0 Å².